The lowest BCUT2D eigenvalue weighted by Gasteiger charge is -2.09. The van der Waals surface area contributed by atoms with Crippen molar-refractivity contribution in [2.45, 2.75) is 0 Å². The first-order valence-corrected chi connectivity index (χ1v) is 8.16. The number of nitrogens with zero attached hydrogens (tertiary/aromatic N) is 1. The van der Waals surface area contributed by atoms with Gasteiger partial charge in [-0.2, -0.15) is 5.26 Å². The Kier molecular flexibility index (Phi) is 5.97. The van der Waals surface area contributed by atoms with Crippen LogP contribution in [-0.4, -0.2) is 12.5 Å². The molecule has 23 heavy (non-hydrogen) atoms. The maximum Gasteiger partial charge on any atom is 0.255 e. The van der Waals surface area contributed by atoms with Crippen molar-refractivity contribution in [3.63, 3.8) is 0 Å². The molecular formula is C17H12Br2N2O2. The summed E-state index contributed by atoms with van der Waals surface area (Å²) in [5.74, 6) is -0.0758. The summed E-state index contributed by atoms with van der Waals surface area (Å²) in [5.41, 5.74) is 7.06. The second kappa shape index (κ2) is 7.95. The highest BCUT2D eigenvalue weighted by Gasteiger charge is 2.07. The Balaban J connectivity index is 2.42. The molecule has 0 aromatic heterocycles. The molecule has 0 unspecified atom stereocenters. The number of amides is 1. The summed E-state index contributed by atoms with van der Waals surface area (Å²) in [6.07, 6.45) is 1.71. The van der Waals surface area contributed by atoms with Crippen molar-refractivity contribution < 1.29 is 9.53 Å². The fraction of sp³-hybridized carbons (Fsp3) is 0.0588. The third kappa shape index (κ3) is 4.95. The van der Waals surface area contributed by atoms with Gasteiger partial charge in [0.25, 0.3) is 5.91 Å². The third-order valence-corrected chi connectivity index (χ3v) is 3.94. The van der Waals surface area contributed by atoms with E-state index in [4.69, 9.17) is 10.5 Å². The molecule has 2 aromatic rings. The van der Waals surface area contributed by atoms with Gasteiger partial charge < -0.3 is 10.5 Å². The average Bonchev–Trinajstić information content (AvgIpc) is 2.52. The first-order valence-electron chi connectivity index (χ1n) is 6.58. The Morgan fingerprint density at radius 3 is 2.43 bits per heavy atom. The van der Waals surface area contributed by atoms with Crippen LogP contribution < -0.4 is 10.5 Å². The Hall–Kier alpha value is -2.10. The number of allylic oxidation sites excluding steroid dienone is 1. The summed E-state index contributed by atoms with van der Waals surface area (Å²) >= 11 is 6.75. The second-order valence-corrected chi connectivity index (χ2v) is 6.45. The van der Waals surface area contributed by atoms with E-state index in [-0.39, 0.29) is 6.61 Å². The Labute approximate surface area is 150 Å². The number of hydrogen-bond acceptors (Lipinski definition) is 3. The fourth-order valence-electron chi connectivity index (χ4n) is 1.88. The van der Waals surface area contributed by atoms with Gasteiger partial charge in [0.05, 0.1) is 11.6 Å². The number of nitrogens with two attached hydrogens (primary N) is 1. The maximum atomic E-state index is 10.9. The Morgan fingerprint density at radius 1 is 1.17 bits per heavy atom. The standard InChI is InChI=1S/C17H12Br2N2O2/c18-14-3-1-11(2-4-14)13(9-20)7-12-8-15(19)5-6-16(12)23-10-17(21)22/h1-8H,10H2,(H2,21,22)/b13-7+. The molecule has 6 heteroatoms. The normalized spacial score (nSPS) is 10.9. The van der Waals surface area contributed by atoms with Crippen molar-refractivity contribution in [2.75, 3.05) is 6.61 Å². The van der Waals surface area contributed by atoms with E-state index in [0.717, 1.165) is 14.5 Å². The predicted molar refractivity (Wildman–Crippen MR) is 96.5 cm³/mol. The minimum absolute atomic E-state index is 0.220. The molecule has 116 valence electrons. The molecule has 0 aliphatic rings. The quantitative estimate of drug-likeness (QED) is 0.566. The van der Waals surface area contributed by atoms with Gasteiger partial charge in [0, 0.05) is 14.5 Å². The first kappa shape index (κ1) is 17.3. The number of carbonyl (C=O) groups excluding carboxylic acids is 1. The number of nitriles is 1. The summed E-state index contributed by atoms with van der Waals surface area (Å²) in [6, 6.07) is 14.9. The molecule has 0 spiro atoms. The van der Waals surface area contributed by atoms with Crippen LogP contribution in [0.4, 0.5) is 0 Å². The van der Waals surface area contributed by atoms with Crippen LogP contribution >= 0.6 is 31.9 Å². The van der Waals surface area contributed by atoms with Crippen molar-refractivity contribution >= 4 is 49.4 Å². The molecule has 2 N–H and O–H groups in total. The van der Waals surface area contributed by atoms with Crippen molar-refractivity contribution in [1.82, 2.24) is 0 Å². The maximum absolute atomic E-state index is 10.9. The summed E-state index contributed by atoms with van der Waals surface area (Å²) in [5, 5.41) is 9.43. The van der Waals surface area contributed by atoms with Crippen molar-refractivity contribution in [3.8, 4) is 11.8 Å². The number of carbonyl (C=O) groups is 1. The number of hydrogen-bond donors (Lipinski definition) is 1. The smallest absolute Gasteiger partial charge is 0.255 e. The Morgan fingerprint density at radius 2 is 1.83 bits per heavy atom. The van der Waals surface area contributed by atoms with Gasteiger partial charge in [-0.1, -0.05) is 44.0 Å². The SMILES string of the molecule is N#C/C(=C\c1cc(Br)ccc1OCC(N)=O)c1ccc(Br)cc1. The summed E-state index contributed by atoms with van der Waals surface area (Å²) in [6.45, 7) is -0.220. The second-order valence-electron chi connectivity index (χ2n) is 4.61. The summed E-state index contributed by atoms with van der Waals surface area (Å²) in [4.78, 5) is 10.9. The van der Waals surface area contributed by atoms with E-state index in [9.17, 15) is 10.1 Å². The van der Waals surface area contributed by atoms with Gasteiger partial charge in [0.1, 0.15) is 5.75 Å². The largest absolute Gasteiger partial charge is 0.483 e. The molecule has 0 radical (unpaired) electrons. The van der Waals surface area contributed by atoms with Gasteiger partial charge in [-0.25, -0.2) is 0 Å². The molecule has 1 amide bonds. The molecule has 4 nitrogen and oxygen atoms in total. The molecule has 0 bridgehead atoms. The number of benzene rings is 2. The molecule has 2 aromatic carbocycles. The van der Waals surface area contributed by atoms with Crippen LogP contribution in [0.15, 0.2) is 51.4 Å². The topological polar surface area (TPSA) is 76.1 Å². The zero-order chi connectivity index (χ0) is 16.8. The molecule has 0 aliphatic heterocycles. The molecule has 0 heterocycles. The van der Waals surface area contributed by atoms with Crippen LogP contribution in [-0.2, 0) is 4.79 Å². The lowest BCUT2D eigenvalue weighted by molar-refractivity contribution is -0.119. The van der Waals surface area contributed by atoms with E-state index in [1.165, 1.54) is 0 Å². The van der Waals surface area contributed by atoms with E-state index in [1.54, 1.807) is 18.2 Å². The van der Waals surface area contributed by atoms with Gasteiger partial charge in [-0.3, -0.25) is 4.79 Å². The van der Waals surface area contributed by atoms with E-state index < -0.39 is 5.91 Å². The summed E-state index contributed by atoms with van der Waals surface area (Å²) in [7, 11) is 0. The summed E-state index contributed by atoms with van der Waals surface area (Å²) < 4.78 is 7.17. The molecule has 0 fully saturated rings. The van der Waals surface area contributed by atoms with Crippen LogP contribution in [0.25, 0.3) is 11.6 Å². The average molecular weight is 436 g/mol. The van der Waals surface area contributed by atoms with Crippen LogP contribution in [0.5, 0.6) is 5.75 Å². The zero-order valence-electron chi connectivity index (χ0n) is 11.9. The minimum Gasteiger partial charge on any atom is -0.483 e. The highest BCUT2D eigenvalue weighted by atomic mass is 79.9. The highest BCUT2D eigenvalue weighted by molar-refractivity contribution is 9.10. The van der Waals surface area contributed by atoms with E-state index >= 15 is 0 Å². The van der Waals surface area contributed by atoms with Gasteiger partial charge in [0.2, 0.25) is 0 Å². The van der Waals surface area contributed by atoms with E-state index in [2.05, 4.69) is 37.9 Å². The zero-order valence-corrected chi connectivity index (χ0v) is 15.1. The molecule has 0 aliphatic carbocycles. The molecule has 2 rings (SSSR count). The number of primary amides is 1. The third-order valence-electron chi connectivity index (χ3n) is 2.92. The predicted octanol–water partition coefficient (Wildman–Crippen LogP) is 4.14. The van der Waals surface area contributed by atoms with Gasteiger partial charge in [-0.05, 0) is 42.0 Å². The highest BCUT2D eigenvalue weighted by Crippen LogP contribution is 2.28. The number of halogens is 2. The lowest BCUT2D eigenvalue weighted by Crippen LogP contribution is -2.20. The Bertz CT molecular complexity index is 793. The van der Waals surface area contributed by atoms with Crippen LogP contribution in [0.2, 0.25) is 0 Å². The van der Waals surface area contributed by atoms with Crippen LogP contribution in [0.3, 0.4) is 0 Å². The van der Waals surface area contributed by atoms with Crippen molar-refractivity contribution in [2.24, 2.45) is 5.73 Å². The van der Waals surface area contributed by atoms with Crippen LogP contribution in [0.1, 0.15) is 11.1 Å². The van der Waals surface area contributed by atoms with Gasteiger partial charge >= 0.3 is 0 Å². The molecule has 0 saturated carbocycles. The van der Waals surface area contributed by atoms with Crippen molar-refractivity contribution in [3.05, 3.63) is 62.5 Å². The number of ether oxygens (including phenoxy) is 1. The monoisotopic (exact) mass is 434 g/mol. The van der Waals surface area contributed by atoms with Crippen LogP contribution in [0, 0.1) is 11.3 Å². The van der Waals surface area contributed by atoms with Gasteiger partial charge in [-0.15, -0.1) is 0 Å². The molecule has 0 saturated heterocycles. The molecular weight excluding hydrogens is 424 g/mol. The van der Waals surface area contributed by atoms with Gasteiger partial charge in [0.15, 0.2) is 6.61 Å². The number of rotatable bonds is 5. The van der Waals surface area contributed by atoms with E-state index in [0.29, 0.717) is 16.9 Å². The first-order chi connectivity index (χ1) is 11.0. The minimum atomic E-state index is -0.559. The van der Waals surface area contributed by atoms with Crippen molar-refractivity contribution in [1.29, 1.82) is 5.26 Å². The molecule has 0 atom stereocenters. The lowest BCUT2D eigenvalue weighted by atomic mass is 10.0. The van der Waals surface area contributed by atoms with E-state index in [1.807, 2.05) is 30.3 Å². The fourth-order valence-corrected chi connectivity index (χ4v) is 2.52.